The van der Waals surface area contributed by atoms with Gasteiger partial charge < -0.3 is 10.1 Å². The Balaban J connectivity index is 1.63. The maximum atomic E-state index is 11.4. The van der Waals surface area contributed by atoms with Crippen molar-refractivity contribution in [3.63, 3.8) is 0 Å². The molecule has 0 spiro atoms. The maximum absolute atomic E-state index is 11.4. The first-order chi connectivity index (χ1) is 10.3. The monoisotopic (exact) mass is 277 g/mol. The van der Waals surface area contributed by atoms with Crippen molar-refractivity contribution in [2.45, 2.75) is 12.8 Å². The smallest absolute Gasteiger partial charge is 0.224 e. The minimum Gasteiger partial charge on any atom is -0.481 e. The molecule has 0 saturated carbocycles. The highest BCUT2D eigenvalue weighted by molar-refractivity contribution is 5.94. The van der Waals surface area contributed by atoms with Gasteiger partial charge in [-0.2, -0.15) is 0 Å². The van der Waals surface area contributed by atoms with Gasteiger partial charge in [-0.1, -0.05) is 36.1 Å². The molecule has 1 aliphatic rings. The van der Waals surface area contributed by atoms with E-state index in [2.05, 4.69) is 17.2 Å². The summed E-state index contributed by atoms with van der Waals surface area (Å²) in [5.41, 5.74) is 2.97. The van der Waals surface area contributed by atoms with Gasteiger partial charge in [0, 0.05) is 23.7 Å². The molecule has 0 bridgehead atoms. The molecule has 0 atom stereocenters. The van der Waals surface area contributed by atoms with Gasteiger partial charge >= 0.3 is 0 Å². The second-order valence-electron chi connectivity index (χ2n) is 4.82. The Bertz CT molecular complexity index is 711. The van der Waals surface area contributed by atoms with Crippen molar-refractivity contribution >= 4 is 11.6 Å². The van der Waals surface area contributed by atoms with E-state index in [9.17, 15) is 4.79 Å². The summed E-state index contributed by atoms with van der Waals surface area (Å²) in [6, 6.07) is 15.6. The minimum absolute atomic E-state index is 0.0588. The van der Waals surface area contributed by atoms with Crippen molar-refractivity contribution in [2.24, 2.45) is 0 Å². The molecule has 104 valence electrons. The summed E-state index contributed by atoms with van der Waals surface area (Å²) in [6.07, 6.45) is 1.34. The number of fused-ring (bicyclic) bond motifs is 1. The lowest BCUT2D eigenvalue weighted by Crippen LogP contribution is -2.18. The summed E-state index contributed by atoms with van der Waals surface area (Å²) in [5, 5.41) is 2.86. The predicted molar refractivity (Wildman–Crippen MR) is 82.2 cm³/mol. The van der Waals surface area contributed by atoms with Gasteiger partial charge in [-0.3, -0.25) is 4.79 Å². The van der Waals surface area contributed by atoms with Crippen molar-refractivity contribution < 1.29 is 9.53 Å². The Morgan fingerprint density at radius 1 is 1.10 bits per heavy atom. The van der Waals surface area contributed by atoms with Crippen LogP contribution >= 0.6 is 0 Å². The minimum atomic E-state index is 0.0588. The maximum Gasteiger partial charge on any atom is 0.224 e. The second kappa shape index (κ2) is 6.15. The Labute approximate surface area is 123 Å². The van der Waals surface area contributed by atoms with E-state index >= 15 is 0 Å². The topological polar surface area (TPSA) is 38.3 Å². The van der Waals surface area contributed by atoms with E-state index in [1.807, 2.05) is 48.5 Å². The zero-order chi connectivity index (χ0) is 14.5. The molecule has 2 aromatic carbocycles. The van der Waals surface area contributed by atoms with Gasteiger partial charge in [-0.15, -0.1) is 0 Å². The highest BCUT2D eigenvalue weighted by atomic mass is 16.5. The first-order valence-corrected chi connectivity index (χ1v) is 6.91. The molecule has 3 nitrogen and oxygen atoms in total. The number of carbonyl (C=O) groups is 1. The van der Waals surface area contributed by atoms with Crippen LogP contribution in [0.2, 0.25) is 0 Å². The van der Waals surface area contributed by atoms with Crippen LogP contribution in [-0.2, 0) is 11.2 Å². The van der Waals surface area contributed by atoms with Crippen LogP contribution in [0, 0.1) is 11.8 Å². The molecule has 3 rings (SSSR count). The molecule has 0 radical (unpaired) electrons. The van der Waals surface area contributed by atoms with Crippen LogP contribution in [0.15, 0.2) is 48.5 Å². The summed E-state index contributed by atoms with van der Waals surface area (Å²) < 4.78 is 5.60. The van der Waals surface area contributed by atoms with Gasteiger partial charge in [0.1, 0.15) is 12.4 Å². The molecule has 0 fully saturated rings. The molecule has 2 aromatic rings. The van der Waals surface area contributed by atoms with Gasteiger partial charge in [0.15, 0.2) is 0 Å². The van der Waals surface area contributed by atoms with E-state index in [0.29, 0.717) is 13.0 Å². The first-order valence-electron chi connectivity index (χ1n) is 6.91. The lowest BCUT2D eigenvalue weighted by molar-refractivity contribution is -0.116. The zero-order valence-electron chi connectivity index (χ0n) is 11.6. The quantitative estimate of drug-likeness (QED) is 0.857. The Kier molecular flexibility index (Phi) is 3.88. The van der Waals surface area contributed by atoms with Crippen LogP contribution in [0.3, 0.4) is 0 Å². The molecule has 1 aliphatic heterocycles. The van der Waals surface area contributed by atoms with Crippen molar-refractivity contribution in [1.82, 2.24) is 0 Å². The van der Waals surface area contributed by atoms with Gasteiger partial charge in [0.25, 0.3) is 0 Å². The number of carbonyl (C=O) groups excluding carboxylic acids is 1. The SMILES string of the molecule is O=C1CCc2ccc(OCC#Cc3ccccc3)cc2N1. The Morgan fingerprint density at radius 2 is 1.95 bits per heavy atom. The number of aryl methyl sites for hydroxylation is 1. The van der Waals surface area contributed by atoms with Gasteiger partial charge in [-0.05, 0) is 30.2 Å². The number of hydrogen-bond donors (Lipinski definition) is 1. The highest BCUT2D eigenvalue weighted by Crippen LogP contribution is 2.26. The summed E-state index contributed by atoms with van der Waals surface area (Å²) in [5.74, 6) is 6.80. The molecule has 21 heavy (non-hydrogen) atoms. The number of ether oxygens (including phenoxy) is 1. The number of anilines is 1. The molecule has 0 saturated heterocycles. The van der Waals surface area contributed by atoms with Crippen LogP contribution in [0.1, 0.15) is 17.5 Å². The summed E-state index contributed by atoms with van der Waals surface area (Å²) >= 11 is 0. The molecule has 1 amide bonds. The fourth-order valence-corrected chi connectivity index (χ4v) is 2.22. The van der Waals surface area contributed by atoms with E-state index in [1.54, 1.807) is 0 Å². The van der Waals surface area contributed by atoms with E-state index in [0.717, 1.165) is 29.0 Å². The van der Waals surface area contributed by atoms with E-state index in [1.165, 1.54) is 0 Å². The van der Waals surface area contributed by atoms with Crippen LogP contribution in [0.4, 0.5) is 5.69 Å². The molecular weight excluding hydrogens is 262 g/mol. The molecule has 0 unspecified atom stereocenters. The summed E-state index contributed by atoms with van der Waals surface area (Å²) in [6.45, 7) is 0.321. The lowest BCUT2D eigenvalue weighted by Gasteiger charge is -2.17. The fourth-order valence-electron chi connectivity index (χ4n) is 2.22. The molecule has 0 aromatic heterocycles. The first kappa shape index (κ1) is 13.3. The third kappa shape index (κ3) is 3.43. The summed E-state index contributed by atoms with van der Waals surface area (Å²) in [4.78, 5) is 11.4. The average Bonchev–Trinajstić information content (AvgIpc) is 2.52. The van der Waals surface area contributed by atoms with Crippen molar-refractivity contribution in [1.29, 1.82) is 0 Å². The van der Waals surface area contributed by atoms with Crippen LogP contribution < -0.4 is 10.1 Å². The second-order valence-corrected chi connectivity index (χ2v) is 4.82. The lowest BCUT2D eigenvalue weighted by atomic mass is 10.0. The Morgan fingerprint density at radius 3 is 2.81 bits per heavy atom. The van der Waals surface area contributed by atoms with Crippen LogP contribution in [0.5, 0.6) is 5.75 Å². The zero-order valence-corrected chi connectivity index (χ0v) is 11.6. The van der Waals surface area contributed by atoms with Gasteiger partial charge in [0.05, 0.1) is 0 Å². The number of hydrogen-bond acceptors (Lipinski definition) is 2. The largest absolute Gasteiger partial charge is 0.481 e. The van der Waals surface area contributed by atoms with Crippen LogP contribution in [-0.4, -0.2) is 12.5 Å². The third-order valence-electron chi connectivity index (χ3n) is 3.29. The third-order valence-corrected chi connectivity index (χ3v) is 3.29. The molecule has 1 N–H and O–H groups in total. The normalized spacial score (nSPS) is 12.7. The highest BCUT2D eigenvalue weighted by Gasteiger charge is 2.14. The van der Waals surface area contributed by atoms with E-state index in [4.69, 9.17) is 4.74 Å². The van der Waals surface area contributed by atoms with E-state index in [-0.39, 0.29) is 5.91 Å². The number of nitrogens with one attached hydrogen (secondary N) is 1. The fraction of sp³-hybridized carbons (Fsp3) is 0.167. The van der Waals surface area contributed by atoms with Gasteiger partial charge in [-0.25, -0.2) is 0 Å². The Hall–Kier alpha value is -2.73. The molecule has 3 heteroatoms. The van der Waals surface area contributed by atoms with Crippen LogP contribution in [0.25, 0.3) is 0 Å². The van der Waals surface area contributed by atoms with Gasteiger partial charge in [0.2, 0.25) is 5.91 Å². The standard InChI is InChI=1S/C18H15NO2/c20-18-11-9-15-8-10-16(13-17(15)19-18)21-12-4-7-14-5-2-1-3-6-14/h1-3,5-6,8,10,13H,9,11-12H2,(H,19,20). The number of benzene rings is 2. The average molecular weight is 277 g/mol. The van der Waals surface area contributed by atoms with Crippen molar-refractivity contribution in [3.05, 3.63) is 59.7 Å². The molecular formula is C18H15NO2. The van der Waals surface area contributed by atoms with E-state index < -0.39 is 0 Å². The predicted octanol–water partition coefficient (Wildman–Crippen LogP) is 3.00. The van der Waals surface area contributed by atoms with Crippen molar-refractivity contribution in [3.8, 4) is 17.6 Å². The molecule has 0 aliphatic carbocycles. The summed E-state index contributed by atoms with van der Waals surface area (Å²) in [7, 11) is 0. The molecule has 1 heterocycles. The number of amides is 1. The number of rotatable bonds is 2. The van der Waals surface area contributed by atoms with Crippen molar-refractivity contribution in [2.75, 3.05) is 11.9 Å².